The minimum atomic E-state index is -0.709. The van der Waals surface area contributed by atoms with E-state index in [1.54, 1.807) is 25.3 Å². The fourth-order valence-electron chi connectivity index (χ4n) is 4.08. The highest BCUT2D eigenvalue weighted by molar-refractivity contribution is 6.04. The Morgan fingerprint density at radius 2 is 1.76 bits per heavy atom. The molecule has 5 aromatic rings. The number of rotatable bonds is 6. The van der Waals surface area contributed by atoms with Crippen LogP contribution in [0.1, 0.15) is 16.1 Å². The van der Waals surface area contributed by atoms with Gasteiger partial charge in [-0.2, -0.15) is 5.10 Å². The van der Waals surface area contributed by atoms with Crippen molar-refractivity contribution in [2.75, 3.05) is 24.3 Å². The third-order valence-electron chi connectivity index (χ3n) is 6.02. The molecule has 2 heterocycles. The Balaban J connectivity index is 1.40. The first kappa shape index (κ1) is 24.7. The van der Waals surface area contributed by atoms with Crippen molar-refractivity contribution < 1.29 is 18.3 Å². The Kier molecular flexibility index (Phi) is 6.38. The third kappa shape index (κ3) is 4.71. The van der Waals surface area contributed by atoms with Crippen LogP contribution >= 0.6 is 0 Å². The Labute approximate surface area is 216 Å². The van der Waals surface area contributed by atoms with Crippen LogP contribution in [-0.2, 0) is 0 Å². The zero-order valence-corrected chi connectivity index (χ0v) is 20.8. The molecule has 1 amide bonds. The van der Waals surface area contributed by atoms with Crippen molar-refractivity contribution in [3.8, 4) is 17.2 Å². The van der Waals surface area contributed by atoms with Gasteiger partial charge in [-0.15, -0.1) is 0 Å². The number of halogens is 2. The second-order valence-corrected chi connectivity index (χ2v) is 8.88. The average molecular weight is 516 g/mol. The summed E-state index contributed by atoms with van der Waals surface area (Å²) >= 11 is 0. The Bertz CT molecular complexity index is 1730. The topological polar surface area (TPSA) is 92.2 Å². The lowest BCUT2D eigenvalue weighted by Gasteiger charge is -2.18. The fourth-order valence-corrected chi connectivity index (χ4v) is 4.08. The normalized spacial score (nSPS) is 11.0. The van der Waals surface area contributed by atoms with Gasteiger partial charge >= 0.3 is 0 Å². The minimum absolute atomic E-state index is 0.0389. The summed E-state index contributed by atoms with van der Waals surface area (Å²) in [6, 6.07) is 16.0. The highest BCUT2D eigenvalue weighted by Gasteiger charge is 2.17. The Hall–Kier alpha value is -4.99. The highest BCUT2D eigenvalue weighted by Crippen LogP contribution is 2.36. The summed E-state index contributed by atoms with van der Waals surface area (Å²) in [6.07, 6.45) is 1.64. The van der Waals surface area contributed by atoms with Crippen molar-refractivity contribution in [3.63, 3.8) is 0 Å². The first-order chi connectivity index (χ1) is 18.2. The van der Waals surface area contributed by atoms with Gasteiger partial charge in [0.2, 0.25) is 0 Å². The molecule has 0 aliphatic rings. The number of hydrogen-bond acceptors (Lipinski definition) is 5. The highest BCUT2D eigenvalue weighted by atomic mass is 19.1. The third-order valence-corrected chi connectivity index (χ3v) is 6.02. The van der Waals surface area contributed by atoms with Crippen molar-refractivity contribution in [2.24, 2.45) is 0 Å². The molecule has 2 N–H and O–H groups in total. The van der Waals surface area contributed by atoms with Crippen molar-refractivity contribution >= 4 is 28.2 Å². The summed E-state index contributed by atoms with van der Waals surface area (Å²) in [5.41, 5.74) is 1.93. The van der Waals surface area contributed by atoms with Gasteiger partial charge in [0.25, 0.3) is 11.5 Å². The van der Waals surface area contributed by atoms with E-state index in [0.29, 0.717) is 17.1 Å². The molecule has 0 atom stereocenters. The second-order valence-electron chi connectivity index (χ2n) is 8.88. The molecular weight excluding hydrogens is 492 g/mol. The largest absolute Gasteiger partial charge is 0.452 e. The number of benzene rings is 3. The van der Waals surface area contributed by atoms with Gasteiger partial charge in [0.15, 0.2) is 17.3 Å². The van der Waals surface area contributed by atoms with E-state index in [9.17, 15) is 14.0 Å². The molecule has 5 rings (SSSR count). The molecule has 0 aliphatic heterocycles. The molecule has 192 valence electrons. The molecule has 38 heavy (non-hydrogen) atoms. The number of ether oxygens (including phenoxy) is 1. The summed E-state index contributed by atoms with van der Waals surface area (Å²) in [7, 11) is 3.68. The number of nitrogens with one attached hydrogen (secondary N) is 2. The summed E-state index contributed by atoms with van der Waals surface area (Å²) in [6.45, 7) is 1.70. The number of amides is 1. The van der Waals surface area contributed by atoms with E-state index in [1.807, 2.05) is 25.1 Å². The van der Waals surface area contributed by atoms with E-state index in [0.717, 1.165) is 22.7 Å². The summed E-state index contributed by atoms with van der Waals surface area (Å²) in [4.78, 5) is 27.9. The van der Waals surface area contributed by atoms with E-state index in [4.69, 9.17) is 4.74 Å². The number of aromatic nitrogens is 3. The van der Waals surface area contributed by atoms with E-state index >= 15 is 4.39 Å². The average Bonchev–Trinajstić information content (AvgIpc) is 3.34. The van der Waals surface area contributed by atoms with Crippen LogP contribution < -0.4 is 20.5 Å². The van der Waals surface area contributed by atoms with Crippen LogP contribution in [0, 0.1) is 18.6 Å². The molecule has 0 aliphatic carbocycles. The predicted molar refractivity (Wildman–Crippen MR) is 142 cm³/mol. The van der Waals surface area contributed by atoms with Crippen molar-refractivity contribution in [3.05, 3.63) is 106 Å². The van der Waals surface area contributed by atoms with Gasteiger partial charge < -0.3 is 15.0 Å². The fraction of sp³-hybridized carbons (Fsp3) is 0.107. The van der Waals surface area contributed by atoms with E-state index in [-0.39, 0.29) is 17.0 Å². The quantitative estimate of drug-likeness (QED) is 0.316. The number of aryl methyl sites for hydroxylation is 1. The van der Waals surface area contributed by atoms with Crippen LogP contribution in [0.5, 0.6) is 11.5 Å². The minimum Gasteiger partial charge on any atom is -0.452 e. The maximum atomic E-state index is 15.0. The molecule has 0 saturated heterocycles. The van der Waals surface area contributed by atoms with Crippen LogP contribution in [0.3, 0.4) is 0 Å². The lowest BCUT2D eigenvalue weighted by atomic mass is 10.2. The van der Waals surface area contributed by atoms with Crippen LogP contribution in [0.2, 0.25) is 0 Å². The van der Waals surface area contributed by atoms with Gasteiger partial charge in [-0.25, -0.2) is 8.78 Å². The van der Waals surface area contributed by atoms with Gasteiger partial charge in [0.1, 0.15) is 11.4 Å². The number of hydrogen-bond donors (Lipinski definition) is 2. The Morgan fingerprint density at radius 1 is 1.00 bits per heavy atom. The molecule has 0 unspecified atom stereocenters. The number of fused-ring (bicyclic) bond motifs is 1. The number of anilines is 2. The number of H-pyrrole nitrogens is 1. The van der Waals surface area contributed by atoms with Gasteiger partial charge in [-0.05, 0) is 67.6 Å². The van der Waals surface area contributed by atoms with Crippen molar-refractivity contribution in [1.82, 2.24) is 14.8 Å². The number of nitrogens with zero attached hydrogens (tertiary/aromatic N) is 3. The second kappa shape index (κ2) is 9.81. The number of carbonyl (C=O) groups is 1. The van der Waals surface area contributed by atoms with Gasteiger partial charge in [0, 0.05) is 42.6 Å². The first-order valence-corrected chi connectivity index (χ1v) is 11.6. The van der Waals surface area contributed by atoms with E-state index < -0.39 is 23.1 Å². The van der Waals surface area contributed by atoms with Crippen LogP contribution in [-0.4, -0.2) is 34.8 Å². The van der Waals surface area contributed by atoms with Crippen molar-refractivity contribution in [1.29, 1.82) is 0 Å². The SMILES string of the molecule is Cc1ccc(C(=O)Nc2ccc(Oc3cc4cn[nH]c4cc3N(C)C)c(F)c2)c(=O)n1-c1ccc(F)cc1. The zero-order valence-electron chi connectivity index (χ0n) is 20.8. The lowest BCUT2D eigenvalue weighted by Crippen LogP contribution is -2.29. The van der Waals surface area contributed by atoms with Crippen molar-refractivity contribution in [2.45, 2.75) is 6.92 Å². The van der Waals surface area contributed by atoms with E-state index in [1.165, 1.54) is 47.0 Å². The molecule has 10 heteroatoms. The first-order valence-electron chi connectivity index (χ1n) is 11.6. The number of pyridine rings is 1. The molecule has 0 saturated carbocycles. The van der Waals surface area contributed by atoms with E-state index in [2.05, 4.69) is 15.5 Å². The van der Waals surface area contributed by atoms with Crippen LogP contribution in [0.25, 0.3) is 16.6 Å². The monoisotopic (exact) mass is 515 g/mol. The summed E-state index contributed by atoms with van der Waals surface area (Å²) < 4.78 is 35.6. The van der Waals surface area contributed by atoms with Gasteiger partial charge in [-0.1, -0.05) is 0 Å². The molecule has 2 aromatic heterocycles. The van der Waals surface area contributed by atoms with Crippen LogP contribution in [0.15, 0.2) is 77.7 Å². The molecule has 3 aromatic carbocycles. The smallest absolute Gasteiger partial charge is 0.268 e. The molecular formula is C28H23F2N5O3. The molecule has 0 fully saturated rings. The lowest BCUT2D eigenvalue weighted by molar-refractivity contribution is 0.102. The van der Waals surface area contributed by atoms with Crippen LogP contribution in [0.4, 0.5) is 20.2 Å². The molecule has 0 spiro atoms. The maximum Gasteiger partial charge on any atom is 0.268 e. The molecule has 0 radical (unpaired) electrons. The summed E-state index contributed by atoms with van der Waals surface area (Å²) in [5, 5.41) is 10.3. The number of carbonyl (C=O) groups excluding carboxylic acids is 1. The zero-order chi connectivity index (χ0) is 27.0. The predicted octanol–water partition coefficient (Wildman–Crippen LogP) is 5.41. The van der Waals surface area contributed by atoms with Gasteiger partial charge in [0.05, 0.1) is 17.4 Å². The van der Waals surface area contributed by atoms with Gasteiger partial charge in [-0.3, -0.25) is 19.3 Å². The maximum absolute atomic E-state index is 15.0. The molecule has 0 bridgehead atoms. The number of aromatic amines is 1. The molecule has 8 nitrogen and oxygen atoms in total. The summed E-state index contributed by atoms with van der Waals surface area (Å²) in [5.74, 6) is -1.46. The standard InChI is InChI=1S/C28H23F2N5O3/c1-16-4-10-21(28(37)35(16)20-8-5-18(29)6-9-20)27(36)32-19-7-11-25(22(30)13-19)38-26-12-17-15-31-33-23(17)14-24(26)34(2)3/h4-15H,1-3H3,(H,31,33)(H,32,36). The Morgan fingerprint density at radius 3 is 2.47 bits per heavy atom.